The van der Waals surface area contributed by atoms with Crippen molar-refractivity contribution in [1.29, 1.82) is 0 Å². The molecule has 1 amide bonds. The van der Waals surface area contributed by atoms with Crippen LogP contribution in [0.2, 0.25) is 0 Å². The zero-order valence-corrected chi connectivity index (χ0v) is 13.4. The van der Waals surface area contributed by atoms with Crippen LogP contribution in [0.1, 0.15) is 16.1 Å². The molecule has 3 heterocycles. The molecule has 3 rings (SSSR count). The van der Waals surface area contributed by atoms with Crippen LogP contribution in [0.5, 0.6) is 5.75 Å². The fourth-order valence-corrected chi connectivity index (χ4v) is 3.26. The van der Waals surface area contributed by atoms with Crippen molar-refractivity contribution in [2.45, 2.75) is 13.0 Å². The van der Waals surface area contributed by atoms with Crippen LogP contribution in [0.3, 0.4) is 0 Å². The van der Waals surface area contributed by atoms with Crippen molar-refractivity contribution in [3.05, 3.63) is 23.5 Å². The number of aromatic nitrogens is 1. The molecule has 0 unspecified atom stereocenters. The van der Waals surface area contributed by atoms with Gasteiger partial charge in [-0.1, -0.05) is 0 Å². The predicted molar refractivity (Wildman–Crippen MR) is 82.2 cm³/mol. The molecule has 2 fully saturated rings. The fraction of sp³-hybridized carbons (Fsp3) is 0.625. The Kier molecular flexibility index (Phi) is 4.31. The molecule has 120 valence electrons. The van der Waals surface area contributed by atoms with Gasteiger partial charge in [-0.25, -0.2) is 0 Å². The second kappa shape index (κ2) is 6.22. The van der Waals surface area contributed by atoms with E-state index >= 15 is 0 Å². The molecule has 0 radical (unpaired) electrons. The second-order valence-corrected chi connectivity index (χ2v) is 6.23. The summed E-state index contributed by atoms with van der Waals surface area (Å²) in [5.74, 6) is 0.916. The van der Waals surface area contributed by atoms with Crippen molar-refractivity contribution in [1.82, 2.24) is 14.8 Å². The number of hydrogen-bond donors (Lipinski definition) is 0. The summed E-state index contributed by atoms with van der Waals surface area (Å²) >= 11 is 0. The quantitative estimate of drug-likeness (QED) is 0.809. The van der Waals surface area contributed by atoms with Gasteiger partial charge in [-0.05, 0) is 20.0 Å². The lowest BCUT2D eigenvalue weighted by Crippen LogP contribution is -2.44. The molecule has 6 nitrogen and oxygen atoms in total. The first kappa shape index (κ1) is 15.2. The van der Waals surface area contributed by atoms with Crippen LogP contribution in [0.4, 0.5) is 0 Å². The van der Waals surface area contributed by atoms with Crippen molar-refractivity contribution < 1.29 is 14.3 Å². The average Bonchev–Trinajstić information content (AvgIpc) is 2.75. The Bertz CT molecular complexity index is 564. The number of pyridine rings is 1. The molecule has 2 bridgehead atoms. The molecular weight excluding hydrogens is 282 g/mol. The number of rotatable bonds is 2. The lowest BCUT2D eigenvalue weighted by molar-refractivity contribution is 0.0431. The third-order valence-corrected chi connectivity index (χ3v) is 4.48. The SMILES string of the molecule is COc1cnc(C)cc1C(=O)N1C[C@@H]2COC[C@H](C1)N(C)C2. The van der Waals surface area contributed by atoms with Gasteiger partial charge in [-0.3, -0.25) is 14.7 Å². The molecule has 6 heteroatoms. The fourth-order valence-electron chi connectivity index (χ4n) is 3.26. The Balaban J connectivity index is 1.87. The van der Waals surface area contributed by atoms with Gasteiger partial charge in [0.2, 0.25) is 0 Å². The van der Waals surface area contributed by atoms with E-state index in [2.05, 4.69) is 16.9 Å². The zero-order valence-electron chi connectivity index (χ0n) is 13.4. The van der Waals surface area contributed by atoms with E-state index in [1.807, 2.05) is 17.9 Å². The van der Waals surface area contributed by atoms with Crippen molar-refractivity contribution in [3.63, 3.8) is 0 Å². The van der Waals surface area contributed by atoms with E-state index in [-0.39, 0.29) is 11.9 Å². The summed E-state index contributed by atoms with van der Waals surface area (Å²) in [6.45, 7) is 5.68. The molecule has 2 atom stereocenters. The maximum atomic E-state index is 13.0. The number of nitrogens with zero attached hydrogens (tertiary/aromatic N) is 3. The van der Waals surface area contributed by atoms with Gasteiger partial charge < -0.3 is 14.4 Å². The minimum absolute atomic E-state index is 0.0227. The lowest BCUT2D eigenvalue weighted by Gasteiger charge is -2.30. The minimum Gasteiger partial charge on any atom is -0.494 e. The number of ether oxygens (including phenoxy) is 2. The molecule has 1 aromatic rings. The molecule has 2 saturated heterocycles. The van der Waals surface area contributed by atoms with E-state index in [9.17, 15) is 4.79 Å². The Morgan fingerprint density at radius 2 is 2.18 bits per heavy atom. The van der Waals surface area contributed by atoms with Crippen LogP contribution in [0.15, 0.2) is 12.3 Å². The minimum atomic E-state index is 0.0227. The van der Waals surface area contributed by atoms with Crippen molar-refractivity contribution in [2.24, 2.45) is 5.92 Å². The molecule has 22 heavy (non-hydrogen) atoms. The third kappa shape index (κ3) is 2.94. The molecule has 0 saturated carbocycles. The van der Waals surface area contributed by atoms with E-state index in [0.717, 1.165) is 25.4 Å². The number of fused-ring (bicyclic) bond motifs is 3. The Morgan fingerprint density at radius 3 is 2.95 bits per heavy atom. The van der Waals surface area contributed by atoms with E-state index in [1.54, 1.807) is 13.3 Å². The van der Waals surface area contributed by atoms with Crippen LogP contribution in [-0.4, -0.2) is 73.7 Å². The summed E-state index contributed by atoms with van der Waals surface area (Å²) in [6.07, 6.45) is 1.62. The molecular formula is C16H23N3O3. The highest BCUT2D eigenvalue weighted by Gasteiger charge is 2.34. The molecule has 1 aromatic heterocycles. The number of methoxy groups -OCH3 is 1. The molecule has 0 aliphatic carbocycles. The van der Waals surface area contributed by atoms with Crippen molar-refractivity contribution in [2.75, 3.05) is 47.0 Å². The predicted octanol–water partition coefficient (Wildman–Crippen LogP) is 0.801. The van der Waals surface area contributed by atoms with Crippen LogP contribution in [0, 0.1) is 12.8 Å². The first-order valence-electron chi connectivity index (χ1n) is 7.66. The highest BCUT2D eigenvalue weighted by molar-refractivity contribution is 5.97. The molecule has 0 spiro atoms. The second-order valence-electron chi connectivity index (χ2n) is 6.23. The largest absolute Gasteiger partial charge is 0.494 e. The van der Waals surface area contributed by atoms with Gasteiger partial charge in [0.1, 0.15) is 5.75 Å². The number of carbonyl (C=O) groups excluding carboxylic acids is 1. The zero-order chi connectivity index (χ0) is 15.7. The average molecular weight is 305 g/mol. The summed E-state index contributed by atoms with van der Waals surface area (Å²) < 4.78 is 11.0. The van der Waals surface area contributed by atoms with Gasteiger partial charge in [-0.15, -0.1) is 0 Å². The number of hydrogen-bond acceptors (Lipinski definition) is 5. The van der Waals surface area contributed by atoms with Crippen molar-refractivity contribution in [3.8, 4) is 5.75 Å². The Morgan fingerprint density at radius 1 is 1.36 bits per heavy atom. The van der Waals surface area contributed by atoms with Crippen molar-refractivity contribution >= 4 is 5.91 Å². The molecule has 2 aliphatic rings. The van der Waals surface area contributed by atoms with Gasteiger partial charge in [0.15, 0.2) is 0 Å². The molecule has 0 N–H and O–H groups in total. The van der Waals surface area contributed by atoms with Gasteiger partial charge >= 0.3 is 0 Å². The van der Waals surface area contributed by atoms with Gasteiger partial charge in [0.25, 0.3) is 5.91 Å². The number of likely N-dealkylation sites (N-methyl/N-ethyl adjacent to an activating group) is 1. The topological polar surface area (TPSA) is 54.9 Å². The normalized spacial score (nSPS) is 25.7. The van der Waals surface area contributed by atoms with E-state index in [1.165, 1.54) is 0 Å². The van der Waals surface area contributed by atoms with Gasteiger partial charge in [0, 0.05) is 31.2 Å². The highest BCUT2D eigenvalue weighted by Crippen LogP contribution is 2.24. The Labute approximate surface area is 131 Å². The number of aryl methyl sites for hydroxylation is 1. The standard InChI is InChI=1S/C16H23N3O3/c1-11-4-14(15(21-3)5-17-11)16(20)19-7-12-6-18(2)13(8-19)10-22-9-12/h4-5,12-13H,6-10H2,1-3H3/t12-,13+/m1/s1. The maximum Gasteiger partial charge on any atom is 0.257 e. The van der Waals surface area contributed by atoms with Crippen LogP contribution < -0.4 is 4.74 Å². The van der Waals surface area contributed by atoms with Crippen LogP contribution in [0.25, 0.3) is 0 Å². The van der Waals surface area contributed by atoms with Gasteiger partial charge in [0.05, 0.1) is 38.1 Å². The van der Waals surface area contributed by atoms with E-state index in [4.69, 9.17) is 9.47 Å². The van der Waals surface area contributed by atoms with E-state index < -0.39 is 0 Å². The smallest absolute Gasteiger partial charge is 0.257 e. The Hall–Kier alpha value is -1.66. The number of carbonyl (C=O) groups is 1. The van der Waals surface area contributed by atoms with Crippen LogP contribution in [-0.2, 0) is 4.74 Å². The lowest BCUT2D eigenvalue weighted by atomic mass is 10.1. The van der Waals surface area contributed by atoms with E-state index in [0.29, 0.717) is 30.4 Å². The summed E-state index contributed by atoms with van der Waals surface area (Å²) in [5, 5.41) is 0. The summed E-state index contributed by atoms with van der Waals surface area (Å²) in [7, 11) is 3.68. The first-order chi connectivity index (χ1) is 10.6. The summed E-state index contributed by atoms with van der Waals surface area (Å²) in [4.78, 5) is 21.4. The highest BCUT2D eigenvalue weighted by atomic mass is 16.5. The maximum absolute atomic E-state index is 13.0. The molecule has 2 aliphatic heterocycles. The van der Waals surface area contributed by atoms with Gasteiger partial charge in [-0.2, -0.15) is 0 Å². The first-order valence-corrected chi connectivity index (χ1v) is 7.66. The monoisotopic (exact) mass is 305 g/mol. The summed E-state index contributed by atoms with van der Waals surface area (Å²) in [6, 6.07) is 2.06. The third-order valence-electron chi connectivity index (χ3n) is 4.48. The number of amides is 1. The van der Waals surface area contributed by atoms with Crippen LogP contribution >= 0.6 is 0 Å². The molecule has 0 aromatic carbocycles. The summed E-state index contributed by atoms with van der Waals surface area (Å²) in [5.41, 5.74) is 1.41.